The van der Waals surface area contributed by atoms with Crippen LogP contribution >= 0.6 is 0 Å². The topological polar surface area (TPSA) is 29.3 Å². The van der Waals surface area contributed by atoms with Crippen LogP contribution in [0, 0.1) is 0 Å². The maximum Gasteiger partial charge on any atom is 0.0109 e. The fourth-order valence-corrected chi connectivity index (χ4v) is 2.17. The minimum atomic E-state index is -0.0110. The van der Waals surface area contributed by atoms with Gasteiger partial charge in [-0.05, 0) is 46.7 Å². The van der Waals surface area contributed by atoms with Crippen LogP contribution < -0.4 is 5.73 Å². The summed E-state index contributed by atoms with van der Waals surface area (Å²) in [7, 11) is 2.25. The zero-order chi connectivity index (χ0) is 10.6. The van der Waals surface area contributed by atoms with Crippen molar-refractivity contribution < 1.29 is 0 Å². The molecular weight excluding hydrogens is 172 g/mol. The molecule has 0 bridgehead atoms. The standard InChI is InChI=1S/C12H26N2/c1-12(2,13)9-10-14(3)11-7-5-4-6-8-11/h11H,4-10,13H2,1-3H3. The van der Waals surface area contributed by atoms with E-state index in [1.165, 1.54) is 32.1 Å². The predicted octanol–water partition coefficient (Wildman–Crippen LogP) is 2.38. The van der Waals surface area contributed by atoms with Crippen molar-refractivity contribution in [3.8, 4) is 0 Å². The van der Waals surface area contributed by atoms with Crippen molar-refractivity contribution in [1.29, 1.82) is 0 Å². The number of hydrogen-bond acceptors (Lipinski definition) is 2. The maximum atomic E-state index is 5.99. The molecule has 2 heteroatoms. The summed E-state index contributed by atoms with van der Waals surface area (Å²) in [5, 5.41) is 0. The fraction of sp³-hybridized carbons (Fsp3) is 1.00. The Bertz CT molecular complexity index is 154. The van der Waals surface area contributed by atoms with Crippen molar-refractivity contribution in [3.63, 3.8) is 0 Å². The lowest BCUT2D eigenvalue weighted by atomic mass is 9.93. The summed E-state index contributed by atoms with van der Waals surface area (Å²) in [5.41, 5.74) is 5.98. The largest absolute Gasteiger partial charge is 0.326 e. The second kappa shape index (κ2) is 5.13. The Morgan fingerprint density at radius 2 is 1.79 bits per heavy atom. The third kappa shape index (κ3) is 4.43. The number of rotatable bonds is 4. The van der Waals surface area contributed by atoms with Gasteiger partial charge in [0.25, 0.3) is 0 Å². The number of hydrogen-bond donors (Lipinski definition) is 1. The van der Waals surface area contributed by atoms with Gasteiger partial charge < -0.3 is 10.6 Å². The highest BCUT2D eigenvalue weighted by Crippen LogP contribution is 2.22. The molecule has 0 atom stereocenters. The molecule has 0 unspecified atom stereocenters. The van der Waals surface area contributed by atoms with Crippen LogP contribution in [0.1, 0.15) is 52.4 Å². The Labute approximate surface area is 88.8 Å². The fourth-order valence-electron chi connectivity index (χ4n) is 2.17. The summed E-state index contributed by atoms with van der Waals surface area (Å²) in [6, 6.07) is 0.825. The van der Waals surface area contributed by atoms with Crippen LogP contribution in [0.25, 0.3) is 0 Å². The Balaban J connectivity index is 2.23. The van der Waals surface area contributed by atoms with Gasteiger partial charge in [0, 0.05) is 11.6 Å². The van der Waals surface area contributed by atoms with Crippen molar-refractivity contribution in [2.45, 2.75) is 64.0 Å². The Morgan fingerprint density at radius 1 is 1.21 bits per heavy atom. The van der Waals surface area contributed by atoms with E-state index in [2.05, 4.69) is 25.8 Å². The summed E-state index contributed by atoms with van der Waals surface area (Å²) in [4.78, 5) is 2.51. The molecule has 2 nitrogen and oxygen atoms in total. The van der Waals surface area contributed by atoms with E-state index in [0.29, 0.717) is 0 Å². The molecule has 0 aromatic carbocycles. The number of nitrogens with two attached hydrogens (primary N) is 1. The van der Waals surface area contributed by atoms with Crippen LogP contribution in [-0.2, 0) is 0 Å². The van der Waals surface area contributed by atoms with Crippen LogP contribution in [0.4, 0.5) is 0 Å². The highest BCUT2D eigenvalue weighted by Gasteiger charge is 2.19. The van der Waals surface area contributed by atoms with E-state index in [1.54, 1.807) is 0 Å². The molecule has 0 amide bonds. The molecule has 0 saturated heterocycles. The van der Waals surface area contributed by atoms with Crippen LogP contribution in [-0.4, -0.2) is 30.1 Å². The lowest BCUT2D eigenvalue weighted by Gasteiger charge is -2.33. The van der Waals surface area contributed by atoms with Gasteiger partial charge in [-0.2, -0.15) is 0 Å². The van der Waals surface area contributed by atoms with Crippen molar-refractivity contribution in [2.75, 3.05) is 13.6 Å². The monoisotopic (exact) mass is 198 g/mol. The molecule has 1 rings (SSSR count). The van der Waals surface area contributed by atoms with Gasteiger partial charge in [0.1, 0.15) is 0 Å². The third-order valence-electron chi connectivity index (χ3n) is 3.31. The highest BCUT2D eigenvalue weighted by molar-refractivity contribution is 4.77. The van der Waals surface area contributed by atoms with E-state index in [4.69, 9.17) is 5.73 Å². The van der Waals surface area contributed by atoms with E-state index >= 15 is 0 Å². The normalized spacial score (nSPS) is 20.4. The Hall–Kier alpha value is -0.0800. The minimum absolute atomic E-state index is 0.0110. The quantitative estimate of drug-likeness (QED) is 0.751. The van der Waals surface area contributed by atoms with Gasteiger partial charge in [0.15, 0.2) is 0 Å². The van der Waals surface area contributed by atoms with Gasteiger partial charge in [-0.3, -0.25) is 0 Å². The van der Waals surface area contributed by atoms with Gasteiger partial charge in [-0.25, -0.2) is 0 Å². The highest BCUT2D eigenvalue weighted by atomic mass is 15.1. The molecule has 1 aliphatic rings. The van der Waals surface area contributed by atoms with Gasteiger partial charge in [-0.15, -0.1) is 0 Å². The molecule has 14 heavy (non-hydrogen) atoms. The molecule has 0 aromatic heterocycles. The van der Waals surface area contributed by atoms with Crippen LogP contribution in [0.2, 0.25) is 0 Å². The lowest BCUT2D eigenvalue weighted by Crippen LogP contribution is -2.40. The lowest BCUT2D eigenvalue weighted by molar-refractivity contribution is 0.179. The molecule has 1 fully saturated rings. The molecular formula is C12H26N2. The molecule has 0 heterocycles. The average Bonchev–Trinajstić information content (AvgIpc) is 2.14. The molecule has 0 aromatic rings. The summed E-state index contributed by atoms with van der Waals surface area (Å²) >= 11 is 0. The van der Waals surface area contributed by atoms with E-state index < -0.39 is 0 Å². The smallest absolute Gasteiger partial charge is 0.0109 e. The maximum absolute atomic E-state index is 5.99. The van der Waals surface area contributed by atoms with Crippen LogP contribution in [0.5, 0.6) is 0 Å². The summed E-state index contributed by atoms with van der Waals surface area (Å²) in [6.45, 7) is 5.37. The second-order valence-electron chi connectivity index (χ2n) is 5.51. The third-order valence-corrected chi connectivity index (χ3v) is 3.31. The summed E-state index contributed by atoms with van der Waals surface area (Å²) < 4.78 is 0. The first-order valence-corrected chi connectivity index (χ1v) is 5.98. The van der Waals surface area contributed by atoms with Gasteiger partial charge in [-0.1, -0.05) is 19.3 Å². The Morgan fingerprint density at radius 3 is 2.29 bits per heavy atom. The summed E-state index contributed by atoms with van der Waals surface area (Å²) in [5.74, 6) is 0. The van der Waals surface area contributed by atoms with Crippen molar-refractivity contribution >= 4 is 0 Å². The Kier molecular flexibility index (Phi) is 4.39. The zero-order valence-corrected chi connectivity index (χ0v) is 10.1. The van der Waals surface area contributed by atoms with Gasteiger partial charge in [0.2, 0.25) is 0 Å². The van der Waals surface area contributed by atoms with E-state index in [-0.39, 0.29) is 5.54 Å². The zero-order valence-electron chi connectivity index (χ0n) is 10.1. The molecule has 0 spiro atoms. The van der Waals surface area contributed by atoms with Gasteiger partial charge >= 0.3 is 0 Å². The molecule has 1 saturated carbocycles. The van der Waals surface area contributed by atoms with E-state index in [0.717, 1.165) is 19.0 Å². The molecule has 1 aliphatic carbocycles. The molecule has 2 N–H and O–H groups in total. The predicted molar refractivity (Wildman–Crippen MR) is 62.4 cm³/mol. The summed E-state index contributed by atoms with van der Waals surface area (Å²) in [6.07, 6.45) is 8.15. The molecule has 0 radical (unpaired) electrons. The molecule has 0 aliphatic heterocycles. The van der Waals surface area contributed by atoms with E-state index in [1.807, 2.05) is 0 Å². The van der Waals surface area contributed by atoms with Crippen LogP contribution in [0.3, 0.4) is 0 Å². The van der Waals surface area contributed by atoms with Gasteiger partial charge in [0.05, 0.1) is 0 Å². The SMILES string of the molecule is CN(CCC(C)(C)N)C1CCCCC1. The van der Waals surface area contributed by atoms with Crippen molar-refractivity contribution in [1.82, 2.24) is 4.90 Å². The first-order valence-electron chi connectivity index (χ1n) is 5.98. The van der Waals surface area contributed by atoms with Crippen molar-refractivity contribution in [2.24, 2.45) is 5.73 Å². The number of nitrogens with zero attached hydrogens (tertiary/aromatic N) is 1. The average molecular weight is 198 g/mol. The van der Waals surface area contributed by atoms with Crippen LogP contribution in [0.15, 0.2) is 0 Å². The van der Waals surface area contributed by atoms with E-state index in [9.17, 15) is 0 Å². The first-order chi connectivity index (χ1) is 6.49. The minimum Gasteiger partial charge on any atom is -0.326 e. The first kappa shape index (κ1) is 12.0. The second-order valence-corrected chi connectivity index (χ2v) is 5.51. The molecule has 84 valence electrons. The van der Waals surface area contributed by atoms with Crippen molar-refractivity contribution in [3.05, 3.63) is 0 Å².